The Kier molecular flexibility index (Phi) is 3.76. The van der Waals surface area contributed by atoms with Gasteiger partial charge in [0.05, 0.1) is 16.3 Å². The van der Waals surface area contributed by atoms with E-state index in [-0.39, 0.29) is 16.3 Å². The standard InChI is InChI=1S/C10H10N2O7S2/c13-10-5-7(6-20(14,15)16)11-12(10)8-1-3-9(4-2-8)21(17,18)19/h1-5,11H,6H2,(H,14,15,16)(H,17,18,19). The van der Waals surface area contributed by atoms with E-state index < -0.39 is 31.5 Å². The lowest BCUT2D eigenvalue weighted by Gasteiger charge is -2.03. The van der Waals surface area contributed by atoms with E-state index in [2.05, 4.69) is 5.10 Å². The molecular weight excluding hydrogens is 324 g/mol. The second-order valence-corrected chi connectivity index (χ2v) is 7.02. The molecule has 1 heterocycles. The highest BCUT2D eigenvalue weighted by Gasteiger charge is 2.13. The molecule has 21 heavy (non-hydrogen) atoms. The molecule has 0 fully saturated rings. The van der Waals surface area contributed by atoms with Gasteiger partial charge in [-0.25, -0.2) is 4.68 Å². The monoisotopic (exact) mass is 334 g/mol. The Hall–Kier alpha value is -1.95. The summed E-state index contributed by atoms with van der Waals surface area (Å²) >= 11 is 0. The number of aromatic nitrogens is 2. The Morgan fingerprint density at radius 1 is 1.05 bits per heavy atom. The quantitative estimate of drug-likeness (QED) is 0.656. The van der Waals surface area contributed by atoms with E-state index >= 15 is 0 Å². The molecule has 0 atom stereocenters. The largest absolute Gasteiger partial charge is 0.294 e. The molecule has 0 unspecified atom stereocenters. The van der Waals surface area contributed by atoms with Crippen molar-refractivity contribution in [1.29, 1.82) is 0 Å². The number of rotatable bonds is 4. The highest BCUT2D eigenvalue weighted by molar-refractivity contribution is 7.85. The molecule has 1 aromatic carbocycles. The van der Waals surface area contributed by atoms with Gasteiger partial charge in [0, 0.05) is 6.07 Å². The van der Waals surface area contributed by atoms with Gasteiger partial charge in [-0.05, 0) is 24.3 Å². The molecule has 0 aliphatic rings. The normalized spacial score (nSPS) is 12.5. The van der Waals surface area contributed by atoms with Crippen LogP contribution in [-0.2, 0) is 26.0 Å². The number of hydrogen-bond donors (Lipinski definition) is 3. The molecule has 0 saturated carbocycles. The van der Waals surface area contributed by atoms with Crippen LogP contribution in [-0.4, -0.2) is 35.7 Å². The van der Waals surface area contributed by atoms with Gasteiger partial charge in [0.25, 0.3) is 25.8 Å². The summed E-state index contributed by atoms with van der Waals surface area (Å²) in [6.45, 7) is 0. The van der Waals surface area contributed by atoms with Crippen LogP contribution in [0.4, 0.5) is 0 Å². The number of nitrogens with one attached hydrogen (secondary N) is 1. The van der Waals surface area contributed by atoms with Crippen LogP contribution in [0.15, 0.2) is 40.0 Å². The summed E-state index contributed by atoms with van der Waals surface area (Å²) in [5.41, 5.74) is -0.386. The molecule has 0 aliphatic heterocycles. The molecular formula is C10H10N2O7S2. The van der Waals surface area contributed by atoms with Gasteiger partial charge in [0.2, 0.25) is 0 Å². The minimum Gasteiger partial charge on any atom is -0.294 e. The van der Waals surface area contributed by atoms with Crippen molar-refractivity contribution in [2.24, 2.45) is 0 Å². The molecule has 114 valence electrons. The second-order valence-electron chi connectivity index (χ2n) is 4.15. The van der Waals surface area contributed by atoms with Gasteiger partial charge < -0.3 is 0 Å². The summed E-state index contributed by atoms with van der Waals surface area (Å²) in [7, 11) is -8.63. The number of H-pyrrole nitrogens is 1. The Bertz CT molecular complexity index is 921. The Labute approximate surface area is 119 Å². The summed E-state index contributed by atoms with van der Waals surface area (Å²) in [5, 5.41) is 2.47. The van der Waals surface area contributed by atoms with Crippen molar-refractivity contribution in [2.75, 3.05) is 0 Å². The van der Waals surface area contributed by atoms with E-state index in [9.17, 15) is 21.6 Å². The van der Waals surface area contributed by atoms with Crippen molar-refractivity contribution in [3.8, 4) is 5.69 Å². The van der Waals surface area contributed by atoms with Crippen molar-refractivity contribution in [1.82, 2.24) is 9.78 Å². The summed E-state index contributed by atoms with van der Waals surface area (Å²) in [4.78, 5) is 11.4. The van der Waals surface area contributed by atoms with E-state index in [0.717, 1.165) is 22.9 Å². The fraction of sp³-hybridized carbons (Fsp3) is 0.100. The second kappa shape index (κ2) is 5.11. The van der Waals surface area contributed by atoms with Gasteiger partial charge in [-0.1, -0.05) is 0 Å². The molecule has 11 heteroatoms. The summed E-state index contributed by atoms with van der Waals surface area (Å²) in [5.74, 6) is -0.752. The lowest BCUT2D eigenvalue weighted by molar-refractivity contribution is 0.479. The fourth-order valence-corrected chi connectivity index (χ4v) is 2.69. The van der Waals surface area contributed by atoms with Gasteiger partial charge in [0.1, 0.15) is 5.75 Å². The van der Waals surface area contributed by atoms with Crippen LogP contribution in [0.1, 0.15) is 5.69 Å². The third-order valence-electron chi connectivity index (χ3n) is 2.50. The molecule has 3 N–H and O–H groups in total. The minimum absolute atomic E-state index is 0.0265. The van der Waals surface area contributed by atoms with E-state index in [1.165, 1.54) is 12.1 Å². The van der Waals surface area contributed by atoms with Crippen LogP contribution in [0.5, 0.6) is 0 Å². The van der Waals surface area contributed by atoms with Crippen molar-refractivity contribution in [2.45, 2.75) is 10.6 Å². The lowest BCUT2D eigenvalue weighted by Crippen LogP contribution is -2.13. The third-order valence-corrected chi connectivity index (χ3v) is 4.05. The molecule has 9 nitrogen and oxygen atoms in total. The topological polar surface area (TPSA) is 147 Å². The van der Waals surface area contributed by atoms with Crippen molar-refractivity contribution >= 4 is 20.2 Å². The molecule has 2 rings (SSSR count). The van der Waals surface area contributed by atoms with Crippen LogP contribution in [0.3, 0.4) is 0 Å². The maximum absolute atomic E-state index is 11.7. The van der Waals surface area contributed by atoms with Gasteiger partial charge >= 0.3 is 0 Å². The van der Waals surface area contributed by atoms with E-state index in [1.807, 2.05) is 0 Å². The Balaban J connectivity index is 2.41. The van der Waals surface area contributed by atoms with Crippen LogP contribution >= 0.6 is 0 Å². The smallest absolute Gasteiger partial charge is 0.294 e. The van der Waals surface area contributed by atoms with Crippen molar-refractivity contribution in [3.05, 3.63) is 46.4 Å². The highest BCUT2D eigenvalue weighted by atomic mass is 32.2. The van der Waals surface area contributed by atoms with Crippen LogP contribution < -0.4 is 5.56 Å². The SMILES string of the molecule is O=c1cc(CS(=O)(=O)O)[nH]n1-c1ccc(S(=O)(=O)O)cc1. The molecule has 0 spiro atoms. The number of aromatic amines is 1. The zero-order valence-corrected chi connectivity index (χ0v) is 11.9. The van der Waals surface area contributed by atoms with Crippen LogP contribution in [0.2, 0.25) is 0 Å². The number of hydrogen-bond acceptors (Lipinski definition) is 5. The fourth-order valence-electron chi connectivity index (χ4n) is 1.67. The molecule has 0 saturated heterocycles. The van der Waals surface area contributed by atoms with Gasteiger partial charge in [-0.15, -0.1) is 0 Å². The average Bonchev–Trinajstić information content (AvgIpc) is 2.66. The number of nitrogens with zero attached hydrogens (tertiary/aromatic N) is 1. The molecule has 0 amide bonds. The molecule has 0 aliphatic carbocycles. The Morgan fingerprint density at radius 2 is 1.62 bits per heavy atom. The molecule has 2 aromatic rings. The Morgan fingerprint density at radius 3 is 2.10 bits per heavy atom. The first kappa shape index (κ1) is 15.4. The predicted molar refractivity (Wildman–Crippen MR) is 71.5 cm³/mol. The maximum atomic E-state index is 11.7. The summed E-state index contributed by atoms with van der Waals surface area (Å²) in [6, 6.07) is 5.65. The van der Waals surface area contributed by atoms with Gasteiger partial charge in [-0.3, -0.25) is 19.0 Å². The van der Waals surface area contributed by atoms with Gasteiger partial charge in [-0.2, -0.15) is 16.8 Å². The molecule has 0 radical (unpaired) electrons. The first-order valence-corrected chi connectivity index (χ1v) is 8.45. The first-order valence-electron chi connectivity index (χ1n) is 5.40. The number of benzene rings is 1. The summed E-state index contributed by atoms with van der Waals surface area (Å²) in [6.07, 6.45) is 0. The van der Waals surface area contributed by atoms with Gasteiger partial charge in [0.15, 0.2) is 0 Å². The predicted octanol–water partition coefficient (Wildman–Crippen LogP) is -0.200. The maximum Gasteiger partial charge on any atom is 0.294 e. The summed E-state index contributed by atoms with van der Waals surface area (Å²) < 4.78 is 61.8. The molecule has 0 bridgehead atoms. The highest BCUT2D eigenvalue weighted by Crippen LogP contribution is 2.12. The van der Waals surface area contributed by atoms with Crippen molar-refractivity contribution < 1.29 is 25.9 Å². The van der Waals surface area contributed by atoms with E-state index in [4.69, 9.17) is 9.11 Å². The zero-order valence-electron chi connectivity index (χ0n) is 10.3. The van der Waals surface area contributed by atoms with Crippen LogP contribution in [0.25, 0.3) is 5.69 Å². The third kappa shape index (κ3) is 3.78. The van der Waals surface area contributed by atoms with E-state index in [0.29, 0.717) is 0 Å². The average molecular weight is 334 g/mol. The van der Waals surface area contributed by atoms with Crippen molar-refractivity contribution in [3.63, 3.8) is 0 Å². The lowest BCUT2D eigenvalue weighted by atomic mass is 10.3. The first-order chi connectivity index (χ1) is 9.56. The zero-order chi connectivity index (χ0) is 15.8. The minimum atomic E-state index is -4.34. The van der Waals surface area contributed by atoms with Crippen LogP contribution in [0, 0.1) is 0 Å². The molecule has 1 aromatic heterocycles. The van der Waals surface area contributed by atoms with E-state index in [1.54, 1.807) is 0 Å².